The van der Waals surface area contributed by atoms with Crippen LogP contribution in [0.3, 0.4) is 0 Å². The number of hydrogen-bond acceptors (Lipinski definition) is 5. The van der Waals surface area contributed by atoms with Gasteiger partial charge in [-0.15, -0.1) is 11.3 Å². The van der Waals surface area contributed by atoms with E-state index in [0.717, 1.165) is 45.5 Å². The Bertz CT molecular complexity index is 1070. The molecular formula is C21H24ClN3O2S. The lowest BCUT2D eigenvalue weighted by molar-refractivity contribution is -0.0364. The van der Waals surface area contributed by atoms with E-state index in [1.54, 1.807) is 22.2 Å². The van der Waals surface area contributed by atoms with Crippen LogP contribution < -0.4 is 5.56 Å². The summed E-state index contributed by atoms with van der Waals surface area (Å²) in [5.74, 6) is 0. The molecule has 0 spiro atoms. The molecule has 0 atom stereocenters. The summed E-state index contributed by atoms with van der Waals surface area (Å²) in [5, 5.41) is 12.6. The first-order valence-corrected chi connectivity index (χ1v) is 10.7. The molecule has 0 unspecified atom stereocenters. The molecule has 2 aromatic heterocycles. The van der Waals surface area contributed by atoms with E-state index < -0.39 is 5.60 Å². The summed E-state index contributed by atoms with van der Waals surface area (Å²) in [7, 11) is 0. The molecule has 0 saturated carbocycles. The molecule has 4 rings (SSSR count). The fraction of sp³-hybridized carbons (Fsp3) is 0.429. The fourth-order valence-corrected chi connectivity index (χ4v) is 5.04. The van der Waals surface area contributed by atoms with Crippen molar-refractivity contribution in [1.29, 1.82) is 0 Å². The van der Waals surface area contributed by atoms with Crippen LogP contribution in [0, 0.1) is 13.8 Å². The normalized spacial score (nSPS) is 17.3. The second kappa shape index (κ2) is 7.59. The van der Waals surface area contributed by atoms with E-state index in [9.17, 15) is 9.90 Å². The van der Waals surface area contributed by atoms with E-state index >= 15 is 0 Å². The van der Waals surface area contributed by atoms with Crippen molar-refractivity contribution < 1.29 is 5.11 Å². The number of fused-ring (bicyclic) bond motifs is 1. The standard InChI is InChI=1S/C21H24ClN3O2S/c1-14-15(2)28-19-18(14)20(26)25(13-23-19)12-21(27)7-9-24(10-8-21)11-16-5-3-4-6-17(16)22/h3-6,13,27H,7-12H2,1-2H3. The number of hydrogen-bond donors (Lipinski definition) is 1. The van der Waals surface area contributed by atoms with E-state index in [1.165, 1.54) is 0 Å². The molecule has 0 bridgehead atoms. The number of likely N-dealkylation sites (tertiary alicyclic amines) is 1. The van der Waals surface area contributed by atoms with Crippen molar-refractivity contribution in [3.8, 4) is 0 Å². The molecule has 148 valence electrons. The van der Waals surface area contributed by atoms with Gasteiger partial charge in [0.25, 0.3) is 5.56 Å². The first-order chi connectivity index (χ1) is 13.4. The van der Waals surface area contributed by atoms with Gasteiger partial charge in [0.1, 0.15) is 4.83 Å². The van der Waals surface area contributed by atoms with Gasteiger partial charge < -0.3 is 5.11 Å². The Balaban J connectivity index is 1.47. The number of rotatable bonds is 4. The van der Waals surface area contributed by atoms with Gasteiger partial charge in [-0.25, -0.2) is 4.98 Å². The maximum atomic E-state index is 12.9. The number of thiophene rings is 1. The summed E-state index contributed by atoms with van der Waals surface area (Å²) in [4.78, 5) is 21.5. The minimum atomic E-state index is -0.894. The number of nitrogens with zero attached hydrogens (tertiary/aromatic N) is 3. The predicted molar refractivity (Wildman–Crippen MR) is 114 cm³/mol. The van der Waals surface area contributed by atoms with Crippen LogP contribution in [0.25, 0.3) is 10.2 Å². The van der Waals surface area contributed by atoms with Crippen molar-refractivity contribution in [3.63, 3.8) is 0 Å². The highest BCUT2D eigenvalue weighted by molar-refractivity contribution is 7.18. The molecule has 1 aliphatic rings. The van der Waals surface area contributed by atoms with Gasteiger partial charge in [-0.1, -0.05) is 29.8 Å². The Morgan fingerprint density at radius 2 is 1.96 bits per heavy atom. The Morgan fingerprint density at radius 3 is 2.68 bits per heavy atom. The van der Waals surface area contributed by atoms with Gasteiger partial charge in [0.2, 0.25) is 0 Å². The van der Waals surface area contributed by atoms with E-state index in [2.05, 4.69) is 9.88 Å². The van der Waals surface area contributed by atoms with Crippen LogP contribution in [0.2, 0.25) is 5.02 Å². The summed E-state index contributed by atoms with van der Waals surface area (Å²) in [6.45, 7) is 6.56. The SMILES string of the molecule is Cc1sc2ncn(CC3(O)CCN(Cc4ccccc4Cl)CC3)c(=O)c2c1C. The first-order valence-electron chi connectivity index (χ1n) is 9.50. The second-order valence-corrected chi connectivity index (χ2v) is 9.34. The van der Waals surface area contributed by atoms with Crippen molar-refractivity contribution in [1.82, 2.24) is 14.5 Å². The van der Waals surface area contributed by atoms with Crippen molar-refractivity contribution in [2.75, 3.05) is 13.1 Å². The number of piperidine rings is 1. The van der Waals surface area contributed by atoms with Crippen LogP contribution in [-0.4, -0.2) is 38.2 Å². The van der Waals surface area contributed by atoms with Gasteiger partial charge in [0, 0.05) is 29.5 Å². The highest BCUT2D eigenvalue weighted by atomic mass is 35.5. The van der Waals surface area contributed by atoms with Gasteiger partial charge >= 0.3 is 0 Å². The lowest BCUT2D eigenvalue weighted by atomic mass is 9.91. The number of aromatic nitrogens is 2. The van der Waals surface area contributed by atoms with Crippen LogP contribution in [0.1, 0.15) is 28.8 Å². The van der Waals surface area contributed by atoms with E-state index in [0.29, 0.717) is 18.2 Å². The smallest absolute Gasteiger partial charge is 0.262 e. The monoisotopic (exact) mass is 417 g/mol. The molecule has 1 fully saturated rings. The van der Waals surface area contributed by atoms with Crippen molar-refractivity contribution in [2.45, 2.75) is 45.4 Å². The number of aryl methyl sites for hydroxylation is 2. The molecule has 5 nitrogen and oxygen atoms in total. The van der Waals surface area contributed by atoms with Crippen LogP contribution >= 0.6 is 22.9 Å². The highest BCUT2D eigenvalue weighted by Gasteiger charge is 2.33. The summed E-state index contributed by atoms with van der Waals surface area (Å²) < 4.78 is 1.57. The molecule has 0 amide bonds. The van der Waals surface area contributed by atoms with Crippen molar-refractivity contribution in [2.24, 2.45) is 0 Å². The largest absolute Gasteiger partial charge is 0.388 e. The highest BCUT2D eigenvalue weighted by Crippen LogP contribution is 2.28. The quantitative estimate of drug-likeness (QED) is 0.702. The third kappa shape index (κ3) is 3.74. The zero-order valence-corrected chi connectivity index (χ0v) is 17.7. The molecule has 1 saturated heterocycles. The Kier molecular flexibility index (Phi) is 5.31. The first kappa shape index (κ1) is 19.6. The van der Waals surface area contributed by atoms with Gasteiger partial charge in [-0.05, 0) is 43.9 Å². The molecular weight excluding hydrogens is 394 g/mol. The fourth-order valence-electron chi connectivity index (χ4n) is 3.85. The molecule has 1 aromatic carbocycles. The van der Waals surface area contributed by atoms with E-state index in [1.807, 2.05) is 38.1 Å². The summed E-state index contributed by atoms with van der Waals surface area (Å²) in [6.07, 6.45) is 2.81. The number of benzene rings is 1. The molecule has 3 aromatic rings. The molecule has 1 aliphatic heterocycles. The lowest BCUT2D eigenvalue weighted by Crippen LogP contribution is -2.47. The summed E-state index contributed by atoms with van der Waals surface area (Å²) >= 11 is 7.81. The van der Waals surface area contributed by atoms with E-state index in [-0.39, 0.29) is 12.1 Å². The Morgan fingerprint density at radius 1 is 1.25 bits per heavy atom. The third-order valence-electron chi connectivity index (χ3n) is 5.76. The van der Waals surface area contributed by atoms with Gasteiger partial charge in [0.05, 0.1) is 23.9 Å². The van der Waals surface area contributed by atoms with Gasteiger partial charge in [-0.2, -0.15) is 0 Å². The Hall–Kier alpha value is -1.73. The zero-order chi connectivity index (χ0) is 19.9. The molecule has 1 N–H and O–H groups in total. The van der Waals surface area contributed by atoms with Crippen LogP contribution in [0.15, 0.2) is 35.4 Å². The molecule has 3 heterocycles. The van der Waals surface area contributed by atoms with E-state index in [4.69, 9.17) is 11.6 Å². The maximum absolute atomic E-state index is 12.9. The lowest BCUT2D eigenvalue weighted by Gasteiger charge is -2.38. The average molecular weight is 418 g/mol. The minimum Gasteiger partial charge on any atom is -0.388 e. The topological polar surface area (TPSA) is 58.4 Å². The van der Waals surface area contributed by atoms with Crippen LogP contribution in [0.5, 0.6) is 0 Å². The second-order valence-electron chi connectivity index (χ2n) is 7.73. The predicted octanol–water partition coefficient (Wildman–Crippen LogP) is 3.76. The molecule has 28 heavy (non-hydrogen) atoms. The van der Waals surface area contributed by atoms with Gasteiger partial charge in [-0.3, -0.25) is 14.3 Å². The van der Waals surface area contributed by atoms with Gasteiger partial charge in [0.15, 0.2) is 0 Å². The zero-order valence-electron chi connectivity index (χ0n) is 16.1. The Labute approximate surface area is 173 Å². The van der Waals surface area contributed by atoms with Crippen LogP contribution in [-0.2, 0) is 13.1 Å². The third-order valence-corrected chi connectivity index (χ3v) is 7.24. The summed E-state index contributed by atoms with van der Waals surface area (Å²) in [6, 6.07) is 7.86. The van der Waals surface area contributed by atoms with Crippen molar-refractivity contribution in [3.05, 3.63) is 62.0 Å². The van der Waals surface area contributed by atoms with Crippen molar-refractivity contribution >= 4 is 33.2 Å². The maximum Gasteiger partial charge on any atom is 0.262 e. The average Bonchev–Trinajstić information content (AvgIpc) is 2.96. The van der Waals surface area contributed by atoms with Crippen LogP contribution in [0.4, 0.5) is 0 Å². The number of aliphatic hydroxyl groups is 1. The summed E-state index contributed by atoms with van der Waals surface area (Å²) in [5.41, 5.74) is 1.14. The number of halogens is 1. The molecule has 7 heteroatoms. The molecule has 0 aliphatic carbocycles. The minimum absolute atomic E-state index is 0.0567. The molecule has 0 radical (unpaired) electrons.